The van der Waals surface area contributed by atoms with E-state index in [0.717, 1.165) is 27.8 Å². The second-order valence-corrected chi connectivity index (χ2v) is 10.0. The Balaban J connectivity index is 1.44. The number of hydrogen-bond acceptors (Lipinski definition) is 7. The lowest BCUT2D eigenvalue weighted by Crippen LogP contribution is -2.41. The zero-order chi connectivity index (χ0) is 25.8. The molecule has 0 saturated carbocycles. The second-order valence-electron chi connectivity index (χ2n) is 8.97. The Kier molecular flexibility index (Phi) is 5.58. The molecule has 0 aliphatic carbocycles. The van der Waals surface area contributed by atoms with E-state index in [4.69, 9.17) is 0 Å². The van der Waals surface area contributed by atoms with Crippen LogP contribution in [0.4, 0.5) is 24.9 Å². The van der Waals surface area contributed by atoms with Gasteiger partial charge in [-0.3, -0.25) is 14.5 Å². The van der Waals surface area contributed by atoms with Crippen molar-refractivity contribution in [2.45, 2.75) is 38.5 Å². The summed E-state index contributed by atoms with van der Waals surface area (Å²) < 4.78 is 41.3. The first-order valence-electron chi connectivity index (χ1n) is 11.1. The van der Waals surface area contributed by atoms with Crippen LogP contribution in [0.5, 0.6) is 0 Å². The van der Waals surface area contributed by atoms with Gasteiger partial charge in [-0.2, -0.15) is 18.3 Å². The largest absolute Gasteiger partial charge is 0.433 e. The number of aryl methyl sites for hydroxylation is 1. The Morgan fingerprint density at radius 2 is 1.83 bits per heavy atom. The molecular weight excluding hydrogens is 491 g/mol. The van der Waals surface area contributed by atoms with E-state index in [9.17, 15) is 18.0 Å². The summed E-state index contributed by atoms with van der Waals surface area (Å²) in [6.45, 7) is 5.52. The van der Waals surface area contributed by atoms with Gasteiger partial charge in [0.05, 0.1) is 33.9 Å². The van der Waals surface area contributed by atoms with Crippen molar-refractivity contribution >= 4 is 29.0 Å². The van der Waals surface area contributed by atoms with E-state index in [-0.39, 0.29) is 5.91 Å². The van der Waals surface area contributed by atoms with E-state index < -0.39 is 23.5 Å². The highest BCUT2D eigenvalue weighted by atomic mass is 32.1. The van der Waals surface area contributed by atoms with Gasteiger partial charge in [-0.1, -0.05) is 0 Å². The Hall–Kier alpha value is -3.80. The molecule has 0 spiro atoms. The zero-order valence-electron chi connectivity index (χ0n) is 19.8. The number of pyridine rings is 1. The normalized spacial score (nSPS) is 15.8. The van der Waals surface area contributed by atoms with Gasteiger partial charge in [0, 0.05) is 30.4 Å². The molecule has 0 saturated heterocycles. The first-order chi connectivity index (χ1) is 17.0. The van der Waals surface area contributed by atoms with Gasteiger partial charge in [0.15, 0.2) is 0 Å². The molecule has 0 unspecified atom stereocenters. The van der Waals surface area contributed by atoms with Gasteiger partial charge in [0.1, 0.15) is 11.5 Å². The van der Waals surface area contributed by atoms with Crippen molar-refractivity contribution in [2.24, 2.45) is 7.05 Å². The third kappa shape index (κ3) is 4.00. The van der Waals surface area contributed by atoms with Crippen LogP contribution in [0.2, 0.25) is 0 Å². The van der Waals surface area contributed by atoms with Crippen LogP contribution in [0.25, 0.3) is 10.6 Å². The van der Waals surface area contributed by atoms with Gasteiger partial charge in [0.25, 0.3) is 5.91 Å². The van der Waals surface area contributed by atoms with Crippen molar-refractivity contribution in [1.82, 2.24) is 29.6 Å². The summed E-state index contributed by atoms with van der Waals surface area (Å²) in [7, 11) is 1.80. The highest BCUT2D eigenvalue weighted by Crippen LogP contribution is 2.49. The van der Waals surface area contributed by atoms with Crippen molar-refractivity contribution in [3.63, 3.8) is 0 Å². The van der Waals surface area contributed by atoms with Gasteiger partial charge in [-0.05, 0) is 50.6 Å². The number of fused-ring (bicyclic) bond motifs is 1. The number of halogens is 3. The smallest absolute Gasteiger partial charge is 0.322 e. The van der Waals surface area contributed by atoms with Gasteiger partial charge < -0.3 is 10.2 Å². The minimum Gasteiger partial charge on any atom is -0.322 e. The quantitative estimate of drug-likeness (QED) is 0.377. The van der Waals surface area contributed by atoms with E-state index in [2.05, 4.69) is 25.4 Å². The maximum absolute atomic E-state index is 13.5. The molecule has 1 amide bonds. The number of rotatable bonds is 5. The molecule has 1 aliphatic rings. The van der Waals surface area contributed by atoms with E-state index in [1.54, 1.807) is 54.1 Å². The Bertz CT molecular complexity index is 1460. The molecule has 4 aromatic heterocycles. The molecule has 0 aromatic carbocycles. The summed E-state index contributed by atoms with van der Waals surface area (Å²) >= 11 is 1.44. The molecule has 5 heterocycles. The van der Waals surface area contributed by atoms with Gasteiger partial charge >= 0.3 is 6.18 Å². The zero-order valence-corrected chi connectivity index (χ0v) is 20.6. The van der Waals surface area contributed by atoms with Crippen molar-refractivity contribution < 1.29 is 18.0 Å². The van der Waals surface area contributed by atoms with E-state index in [1.807, 2.05) is 13.8 Å². The summed E-state index contributed by atoms with van der Waals surface area (Å²) in [5.41, 5.74) is -0.166. The predicted octanol–water partition coefficient (Wildman–Crippen LogP) is 5.55. The number of anilines is 2. The fourth-order valence-electron chi connectivity index (χ4n) is 4.46. The molecule has 8 nitrogen and oxygen atoms in total. The fraction of sp³-hybridized carbons (Fsp3) is 0.292. The molecule has 12 heteroatoms. The minimum absolute atomic E-state index is 0.238. The molecule has 186 valence electrons. The van der Waals surface area contributed by atoms with Crippen molar-refractivity contribution in [3.8, 4) is 10.6 Å². The number of carbonyl (C=O) groups is 1. The maximum atomic E-state index is 13.5. The lowest BCUT2D eigenvalue weighted by Gasteiger charge is -2.37. The number of alkyl halides is 3. The molecule has 1 N–H and O–H groups in total. The van der Waals surface area contributed by atoms with Crippen molar-refractivity contribution in [3.05, 3.63) is 70.6 Å². The molecule has 0 bridgehead atoms. The lowest BCUT2D eigenvalue weighted by atomic mass is 9.99. The lowest BCUT2D eigenvalue weighted by molar-refractivity contribution is -0.141. The summed E-state index contributed by atoms with van der Waals surface area (Å²) in [5.74, 6) is 0.882. The standard InChI is InChI=1S/C24H22F3N7OS/c1-13(14-5-8-28-18(11-14)24(25,26)27)34-21(35)15-12-17(36-20(15)23(34,2)3)16-6-9-29-22(31-16)32-19-7-10-30-33(19)4/h5-13H,1-4H3,(H,29,31,32)/t13-/m1/s1. The summed E-state index contributed by atoms with van der Waals surface area (Å²) in [6.07, 6.45) is -0.140. The highest BCUT2D eigenvalue weighted by molar-refractivity contribution is 7.16. The monoisotopic (exact) mass is 513 g/mol. The van der Waals surface area contributed by atoms with Gasteiger partial charge in [-0.25, -0.2) is 9.97 Å². The Morgan fingerprint density at radius 3 is 2.50 bits per heavy atom. The van der Waals surface area contributed by atoms with Crippen LogP contribution in [-0.2, 0) is 18.8 Å². The number of nitrogens with zero attached hydrogens (tertiary/aromatic N) is 6. The Morgan fingerprint density at radius 1 is 1.08 bits per heavy atom. The summed E-state index contributed by atoms with van der Waals surface area (Å²) in [4.78, 5) is 29.1. The minimum atomic E-state index is -4.56. The molecule has 36 heavy (non-hydrogen) atoms. The van der Waals surface area contributed by atoms with E-state index in [0.29, 0.717) is 22.8 Å². The number of hydrogen-bond donors (Lipinski definition) is 1. The average molecular weight is 514 g/mol. The molecule has 4 aromatic rings. The first-order valence-corrected chi connectivity index (χ1v) is 11.9. The van der Waals surface area contributed by atoms with Crippen LogP contribution in [-0.4, -0.2) is 35.5 Å². The first kappa shape index (κ1) is 23.9. The fourth-order valence-corrected chi connectivity index (χ4v) is 5.68. The van der Waals surface area contributed by atoms with Crippen LogP contribution in [0.3, 0.4) is 0 Å². The third-order valence-electron chi connectivity index (χ3n) is 6.25. The molecule has 1 atom stereocenters. The SMILES string of the molecule is C[C@H](c1ccnc(C(F)(F)F)c1)N1C(=O)c2cc(-c3ccnc(Nc4ccnn4C)n3)sc2C1(C)C. The van der Waals surface area contributed by atoms with Crippen LogP contribution >= 0.6 is 11.3 Å². The number of carbonyl (C=O) groups excluding carboxylic acids is 1. The van der Waals surface area contributed by atoms with Gasteiger partial charge in [-0.15, -0.1) is 11.3 Å². The van der Waals surface area contributed by atoms with Crippen molar-refractivity contribution in [1.29, 1.82) is 0 Å². The van der Waals surface area contributed by atoms with Crippen LogP contribution in [0, 0.1) is 0 Å². The number of thiophene rings is 1. The highest BCUT2D eigenvalue weighted by Gasteiger charge is 2.47. The maximum Gasteiger partial charge on any atom is 0.433 e. The number of aromatic nitrogens is 5. The second kappa shape index (κ2) is 8.40. The molecule has 0 fully saturated rings. The predicted molar refractivity (Wildman–Crippen MR) is 129 cm³/mol. The van der Waals surface area contributed by atoms with Gasteiger partial charge in [0.2, 0.25) is 5.95 Å². The van der Waals surface area contributed by atoms with Crippen molar-refractivity contribution in [2.75, 3.05) is 5.32 Å². The molecule has 1 aliphatic heterocycles. The van der Waals surface area contributed by atoms with E-state index >= 15 is 0 Å². The number of amides is 1. The topological polar surface area (TPSA) is 88.8 Å². The molecule has 5 rings (SSSR count). The van der Waals surface area contributed by atoms with Crippen LogP contribution in [0.1, 0.15) is 53.3 Å². The van der Waals surface area contributed by atoms with Crippen LogP contribution < -0.4 is 5.32 Å². The van der Waals surface area contributed by atoms with Crippen LogP contribution in [0.15, 0.2) is 48.9 Å². The molecule has 0 radical (unpaired) electrons. The number of nitrogens with one attached hydrogen (secondary N) is 1. The summed E-state index contributed by atoms with van der Waals surface area (Å²) in [5, 5.41) is 7.23. The third-order valence-corrected chi connectivity index (χ3v) is 7.72. The average Bonchev–Trinajstić information content (AvgIpc) is 3.50. The molecular formula is C24H22F3N7OS. The summed E-state index contributed by atoms with van der Waals surface area (Å²) in [6, 6.07) is 7.28. The Labute approximate surface area is 208 Å². The van der Waals surface area contributed by atoms with E-state index in [1.165, 1.54) is 17.4 Å².